The Morgan fingerprint density at radius 1 is 1.42 bits per heavy atom. The van der Waals surface area contributed by atoms with Gasteiger partial charge in [0.15, 0.2) is 0 Å². The predicted octanol–water partition coefficient (Wildman–Crippen LogP) is 3.00. The molecule has 2 rings (SSSR count). The van der Waals surface area contributed by atoms with Crippen molar-refractivity contribution < 1.29 is 4.79 Å². The topological polar surface area (TPSA) is 32.3 Å². The smallest absolute Gasteiger partial charge is 0.256 e. The van der Waals surface area contributed by atoms with Crippen LogP contribution in [0.2, 0.25) is 0 Å². The summed E-state index contributed by atoms with van der Waals surface area (Å²) in [5.41, 5.74) is 2.82. The second kappa shape index (κ2) is 5.87. The molecule has 1 N–H and O–H groups in total. The normalized spacial score (nSPS) is 23.3. The lowest BCUT2D eigenvalue weighted by atomic mass is 10.1. The van der Waals surface area contributed by atoms with E-state index in [0.29, 0.717) is 5.25 Å². The van der Waals surface area contributed by atoms with E-state index in [4.69, 9.17) is 0 Å². The van der Waals surface area contributed by atoms with Gasteiger partial charge >= 0.3 is 0 Å². The zero-order valence-electron chi connectivity index (χ0n) is 12.1. The molecule has 104 valence electrons. The Morgan fingerprint density at radius 3 is 2.84 bits per heavy atom. The SMILES string of the molecule is CNc1ccc(C)cc1C(=O)N1CCSC(C)C1C. The fourth-order valence-corrected chi connectivity index (χ4v) is 3.53. The molecule has 4 heteroatoms. The van der Waals surface area contributed by atoms with Crippen molar-refractivity contribution in [3.05, 3.63) is 29.3 Å². The van der Waals surface area contributed by atoms with Crippen LogP contribution in [0.15, 0.2) is 18.2 Å². The number of benzene rings is 1. The summed E-state index contributed by atoms with van der Waals surface area (Å²) in [6.07, 6.45) is 0. The van der Waals surface area contributed by atoms with Gasteiger partial charge in [0, 0.05) is 36.3 Å². The molecule has 1 heterocycles. The summed E-state index contributed by atoms with van der Waals surface area (Å²) >= 11 is 1.95. The second-order valence-corrected chi connectivity index (χ2v) is 6.60. The summed E-state index contributed by atoms with van der Waals surface area (Å²) in [5, 5.41) is 3.62. The van der Waals surface area contributed by atoms with Crippen LogP contribution in [-0.4, -0.2) is 41.4 Å². The number of nitrogens with zero attached hydrogens (tertiary/aromatic N) is 1. The first kappa shape index (κ1) is 14.3. The lowest BCUT2D eigenvalue weighted by molar-refractivity contribution is 0.0699. The van der Waals surface area contributed by atoms with Crippen LogP contribution >= 0.6 is 11.8 Å². The summed E-state index contributed by atoms with van der Waals surface area (Å²) in [4.78, 5) is 14.8. The minimum absolute atomic E-state index is 0.146. The molecular formula is C15H22N2OS. The second-order valence-electron chi connectivity index (χ2n) is 5.11. The van der Waals surface area contributed by atoms with Crippen LogP contribution < -0.4 is 5.32 Å². The lowest BCUT2D eigenvalue weighted by Crippen LogP contribution is -2.48. The standard InChI is InChI=1S/C15H22N2OS/c1-10-5-6-14(16-4)13(9-10)15(18)17-7-8-19-12(3)11(17)2/h5-6,9,11-12,16H,7-8H2,1-4H3. The number of carbonyl (C=O) groups excluding carboxylic acids is 1. The van der Waals surface area contributed by atoms with E-state index >= 15 is 0 Å². The molecule has 0 radical (unpaired) electrons. The van der Waals surface area contributed by atoms with E-state index in [9.17, 15) is 4.79 Å². The van der Waals surface area contributed by atoms with Crippen molar-refractivity contribution in [2.24, 2.45) is 0 Å². The Bertz CT molecular complexity index is 475. The van der Waals surface area contributed by atoms with E-state index in [1.54, 1.807) is 0 Å². The van der Waals surface area contributed by atoms with Crippen LogP contribution in [0.3, 0.4) is 0 Å². The van der Waals surface area contributed by atoms with Gasteiger partial charge in [0.05, 0.1) is 5.56 Å². The molecule has 0 bridgehead atoms. The van der Waals surface area contributed by atoms with E-state index in [2.05, 4.69) is 19.2 Å². The monoisotopic (exact) mass is 278 g/mol. The maximum absolute atomic E-state index is 12.8. The van der Waals surface area contributed by atoms with Gasteiger partial charge in [-0.1, -0.05) is 18.6 Å². The molecule has 19 heavy (non-hydrogen) atoms. The molecule has 1 aliphatic rings. The Labute approximate surface area is 119 Å². The zero-order valence-corrected chi connectivity index (χ0v) is 12.9. The summed E-state index contributed by atoms with van der Waals surface area (Å²) in [5.74, 6) is 1.17. The van der Waals surface area contributed by atoms with Crippen LogP contribution in [0.1, 0.15) is 29.8 Å². The highest BCUT2D eigenvalue weighted by molar-refractivity contribution is 8.00. The summed E-state index contributed by atoms with van der Waals surface area (Å²) in [7, 11) is 1.86. The van der Waals surface area contributed by atoms with Crippen LogP contribution in [-0.2, 0) is 0 Å². The number of nitrogens with one attached hydrogen (secondary N) is 1. The average Bonchev–Trinajstić information content (AvgIpc) is 2.41. The van der Waals surface area contributed by atoms with Crippen LogP contribution in [0.25, 0.3) is 0 Å². The molecule has 0 aromatic heterocycles. The fourth-order valence-electron chi connectivity index (χ4n) is 2.43. The van der Waals surface area contributed by atoms with Crippen molar-refractivity contribution in [2.45, 2.75) is 32.1 Å². The average molecular weight is 278 g/mol. The molecule has 0 saturated carbocycles. The Morgan fingerprint density at radius 2 is 2.16 bits per heavy atom. The molecule has 1 saturated heterocycles. The van der Waals surface area contributed by atoms with E-state index in [-0.39, 0.29) is 11.9 Å². The Hall–Kier alpha value is -1.16. The van der Waals surface area contributed by atoms with Crippen molar-refractivity contribution in [3.63, 3.8) is 0 Å². The number of hydrogen-bond acceptors (Lipinski definition) is 3. The van der Waals surface area contributed by atoms with Crippen LogP contribution in [0.4, 0.5) is 5.69 Å². The van der Waals surface area contributed by atoms with E-state index in [1.165, 1.54) is 0 Å². The van der Waals surface area contributed by atoms with Gasteiger partial charge in [-0.2, -0.15) is 11.8 Å². The quantitative estimate of drug-likeness (QED) is 0.902. The van der Waals surface area contributed by atoms with Crippen molar-refractivity contribution in [3.8, 4) is 0 Å². The largest absolute Gasteiger partial charge is 0.387 e. The Balaban J connectivity index is 2.30. The van der Waals surface area contributed by atoms with Gasteiger partial charge in [-0.15, -0.1) is 0 Å². The molecule has 1 aromatic rings. The molecule has 0 spiro atoms. The van der Waals surface area contributed by atoms with Gasteiger partial charge in [0.2, 0.25) is 0 Å². The highest BCUT2D eigenvalue weighted by atomic mass is 32.2. The third kappa shape index (κ3) is 2.89. The van der Waals surface area contributed by atoms with Crippen molar-refractivity contribution in [1.82, 2.24) is 4.90 Å². The van der Waals surface area contributed by atoms with Crippen LogP contribution in [0, 0.1) is 6.92 Å². The maximum Gasteiger partial charge on any atom is 0.256 e. The number of aryl methyl sites for hydroxylation is 1. The number of hydrogen-bond donors (Lipinski definition) is 1. The number of rotatable bonds is 2. The molecule has 2 unspecified atom stereocenters. The van der Waals surface area contributed by atoms with Gasteiger partial charge in [-0.05, 0) is 26.0 Å². The van der Waals surface area contributed by atoms with Gasteiger partial charge in [-0.3, -0.25) is 4.79 Å². The van der Waals surface area contributed by atoms with Gasteiger partial charge < -0.3 is 10.2 Å². The maximum atomic E-state index is 12.8. The Kier molecular flexibility index (Phi) is 4.40. The summed E-state index contributed by atoms with van der Waals surface area (Å²) in [6, 6.07) is 6.28. The summed E-state index contributed by atoms with van der Waals surface area (Å²) in [6.45, 7) is 7.20. The molecule has 2 atom stereocenters. The molecule has 1 amide bonds. The molecule has 0 aliphatic carbocycles. The molecule has 1 fully saturated rings. The molecule has 1 aromatic carbocycles. The number of carbonyl (C=O) groups is 1. The summed E-state index contributed by atoms with van der Waals surface area (Å²) < 4.78 is 0. The zero-order chi connectivity index (χ0) is 14.0. The van der Waals surface area contributed by atoms with Crippen molar-refractivity contribution >= 4 is 23.4 Å². The predicted molar refractivity (Wildman–Crippen MR) is 83.1 cm³/mol. The third-order valence-corrected chi connectivity index (χ3v) is 5.16. The van der Waals surface area contributed by atoms with Crippen molar-refractivity contribution in [1.29, 1.82) is 0 Å². The van der Waals surface area contributed by atoms with Gasteiger partial charge in [0.25, 0.3) is 5.91 Å². The highest BCUT2D eigenvalue weighted by Gasteiger charge is 2.30. The molecular weight excluding hydrogens is 256 g/mol. The van der Waals surface area contributed by atoms with E-state index < -0.39 is 0 Å². The van der Waals surface area contributed by atoms with E-state index in [1.807, 2.05) is 48.8 Å². The highest BCUT2D eigenvalue weighted by Crippen LogP contribution is 2.27. The number of thioether (sulfide) groups is 1. The molecule has 3 nitrogen and oxygen atoms in total. The first-order valence-electron chi connectivity index (χ1n) is 6.75. The van der Waals surface area contributed by atoms with Crippen LogP contribution in [0.5, 0.6) is 0 Å². The molecule has 1 aliphatic heterocycles. The van der Waals surface area contributed by atoms with Gasteiger partial charge in [0.1, 0.15) is 0 Å². The minimum Gasteiger partial charge on any atom is -0.387 e. The fraction of sp³-hybridized carbons (Fsp3) is 0.533. The minimum atomic E-state index is 0.146. The number of anilines is 1. The van der Waals surface area contributed by atoms with E-state index in [0.717, 1.165) is 29.1 Å². The number of amides is 1. The lowest BCUT2D eigenvalue weighted by Gasteiger charge is -2.37. The van der Waals surface area contributed by atoms with Gasteiger partial charge in [-0.25, -0.2) is 0 Å². The first-order chi connectivity index (χ1) is 9.04. The van der Waals surface area contributed by atoms with Crippen molar-refractivity contribution in [2.75, 3.05) is 24.7 Å². The third-order valence-electron chi connectivity index (χ3n) is 3.82. The first-order valence-corrected chi connectivity index (χ1v) is 7.80.